The molecule has 0 aliphatic carbocycles. The summed E-state index contributed by atoms with van der Waals surface area (Å²) in [4.78, 5) is 24.2. The van der Waals surface area contributed by atoms with E-state index in [0.717, 1.165) is 22.6 Å². The summed E-state index contributed by atoms with van der Waals surface area (Å²) in [6, 6.07) is 14.1. The van der Waals surface area contributed by atoms with Gasteiger partial charge in [-0.15, -0.1) is 0 Å². The van der Waals surface area contributed by atoms with Gasteiger partial charge in [0.1, 0.15) is 18.1 Å². The first-order chi connectivity index (χ1) is 15.3. The molecule has 0 fully saturated rings. The number of nitrogens with zero attached hydrogens (tertiary/aromatic N) is 1. The molecule has 0 saturated heterocycles. The zero-order valence-electron chi connectivity index (χ0n) is 18.7. The van der Waals surface area contributed by atoms with E-state index < -0.39 is 0 Å². The van der Waals surface area contributed by atoms with Crippen LogP contribution < -0.4 is 20.7 Å². The van der Waals surface area contributed by atoms with Crippen molar-refractivity contribution >= 4 is 17.6 Å². The standard InChI is InChI=1S/C24H28N4O4/c1-15(2)26-24(30)27-20-9-5-18(6-10-20)13-25-23(29)19-7-11-21(12-8-19)31-14-22-16(3)28-32-17(22)4/h5-12,15H,13-14H2,1-4H3,(H,25,29)(H2,26,27,30). The van der Waals surface area contributed by atoms with Crippen LogP contribution in [0.4, 0.5) is 10.5 Å². The highest BCUT2D eigenvalue weighted by Gasteiger charge is 2.10. The second-order valence-corrected chi connectivity index (χ2v) is 7.75. The number of hydrogen-bond acceptors (Lipinski definition) is 5. The van der Waals surface area contributed by atoms with Crippen LogP contribution in [-0.4, -0.2) is 23.1 Å². The Bertz CT molecular complexity index is 1040. The molecule has 0 spiro atoms. The Morgan fingerprint density at radius 3 is 2.31 bits per heavy atom. The maximum Gasteiger partial charge on any atom is 0.319 e. The second-order valence-electron chi connectivity index (χ2n) is 7.75. The summed E-state index contributed by atoms with van der Waals surface area (Å²) in [5.74, 6) is 1.22. The van der Waals surface area contributed by atoms with Gasteiger partial charge in [-0.1, -0.05) is 17.3 Å². The summed E-state index contributed by atoms with van der Waals surface area (Å²) < 4.78 is 10.9. The van der Waals surface area contributed by atoms with Gasteiger partial charge in [-0.05, 0) is 69.7 Å². The molecule has 32 heavy (non-hydrogen) atoms. The van der Waals surface area contributed by atoms with Gasteiger partial charge in [0.15, 0.2) is 0 Å². The Morgan fingerprint density at radius 1 is 1.03 bits per heavy atom. The highest BCUT2D eigenvalue weighted by molar-refractivity contribution is 5.94. The molecule has 0 aliphatic heterocycles. The first-order valence-electron chi connectivity index (χ1n) is 10.4. The lowest BCUT2D eigenvalue weighted by Crippen LogP contribution is -2.34. The molecule has 0 radical (unpaired) electrons. The van der Waals surface area contributed by atoms with E-state index in [2.05, 4.69) is 21.1 Å². The summed E-state index contributed by atoms with van der Waals surface area (Å²) in [5, 5.41) is 12.3. The molecule has 3 rings (SSSR count). The summed E-state index contributed by atoms with van der Waals surface area (Å²) in [6.07, 6.45) is 0. The number of urea groups is 1. The maximum atomic E-state index is 12.4. The van der Waals surface area contributed by atoms with Crippen molar-refractivity contribution < 1.29 is 18.8 Å². The van der Waals surface area contributed by atoms with Gasteiger partial charge in [-0.3, -0.25) is 4.79 Å². The molecule has 0 atom stereocenters. The minimum absolute atomic E-state index is 0.0623. The molecule has 3 amide bonds. The maximum absolute atomic E-state index is 12.4. The molecular formula is C24H28N4O4. The largest absolute Gasteiger partial charge is 0.489 e. The molecule has 3 aromatic rings. The van der Waals surface area contributed by atoms with Crippen molar-refractivity contribution in [2.45, 2.75) is 46.9 Å². The highest BCUT2D eigenvalue weighted by atomic mass is 16.5. The Kier molecular flexibility index (Phi) is 7.49. The van der Waals surface area contributed by atoms with E-state index in [1.54, 1.807) is 36.4 Å². The van der Waals surface area contributed by atoms with Crippen LogP contribution in [0.25, 0.3) is 0 Å². The van der Waals surface area contributed by atoms with Crippen LogP contribution in [0.3, 0.4) is 0 Å². The number of aromatic nitrogens is 1. The first-order valence-corrected chi connectivity index (χ1v) is 10.4. The minimum Gasteiger partial charge on any atom is -0.489 e. The van der Waals surface area contributed by atoms with E-state index in [0.29, 0.717) is 30.2 Å². The predicted octanol–water partition coefficient (Wildman–Crippen LogP) is 4.33. The average Bonchev–Trinajstić information content (AvgIpc) is 3.08. The molecule has 1 heterocycles. The fourth-order valence-corrected chi connectivity index (χ4v) is 2.99. The molecule has 8 nitrogen and oxygen atoms in total. The fourth-order valence-electron chi connectivity index (χ4n) is 2.99. The van der Waals surface area contributed by atoms with Crippen LogP contribution in [0.15, 0.2) is 53.1 Å². The van der Waals surface area contributed by atoms with Gasteiger partial charge in [0.05, 0.1) is 11.3 Å². The number of anilines is 1. The van der Waals surface area contributed by atoms with Gasteiger partial charge in [0.2, 0.25) is 0 Å². The molecule has 0 bridgehead atoms. The van der Waals surface area contributed by atoms with E-state index >= 15 is 0 Å². The topological polar surface area (TPSA) is 105 Å². The SMILES string of the molecule is Cc1noc(C)c1COc1ccc(C(=O)NCc2ccc(NC(=O)NC(C)C)cc2)cc1. The summed E-state index contributed by atoms with van der Waals surface area (Å²) in [6.45, 7) is 8.24. The van der Waals surface area contributed by atoms with Crippen LogP contribution >= 0.6 is 0 Å². The van der Waals surface area contributed by atoms with Gasteiger partial charge in [-0.25, -0.2) is 4.79 Å². The summed E-state index contributed by atoms with van der Waals surface area (Å²) in [7, 11) is 0. The zero-order chi connectivity index (χ0) is 23.1. The number of carbonyl (C=O) groups excluding carboxylic acids is 2. The van der Waals surface area contributed by atoms with Gasteiger partial charge in [0, 0.05) is 23.8 Å². The molecule has 0 unspecified atom stereocenters. The normalized spacial score (nSPS) is 10.7. The van der Waals surface area contributed by atoms with Gasteiger partial charge in [0.25, 0.3) is 5.91 Å². The molecular weight excluding hydrogens is 408 g/mol. The molecule has 2 aromatic carbocycles. The number of benzene rings is 2. The summed E-state index contributed by atoms with van der Waals surface area (Å²) in [5.41, 5.74) is 3.88. The molecule has 0 saturated carbocycles. The zero-order valence-corrected chi connectivity index (χ0v) is 18.7. The van der Waals surface area contributed by atoms with Crippen LogP contribution in [0.2, 0.25) is 0 Å². The van der Waals surface area contributed by atoms with Crippen molar-refractivity contribution in [3.05, 3.63) is 76.7 Å². The monoisotopic (exact) mass is 436 g/mol. The molecule has 8 heteroatoms. The number of aryl methyl sites for hydroxylation is 2. The van der Waals surface area contributed by atoms with E-state index in [9.17, 15) is 9.59 Å². The van der Waals surface area contributed by atoms with E-state index in [1.807, 2.05) is 39.8 Å². The predicted molar refractivity (Wildman–Crippen MR) is 122 cm³/mol. The Hall–Kier alpha value is -3.81. The third-order valence-corrected chi connectivity index (χ3v) is 4.77. The van der Waals surface area contributed by atoms with Crippen molar-refractivity contribution in [1.82, 2.24) is 15.8 Å². The molecule has 1 aromatic heterocycles. The van der Waals surface area contributed by atoms with Crippen LogP contribution in [-0.2, 0) is 13.2 Å². The third kappa shape index (κ3) is 6.34. The molecule has 168 valence electrons. The Labute approximate surface area is 187 Å². The lowest BCUT2D eigenvalue weighted by molar-refractivity contribution is 0.0951. The number of amides is 3. The fraction of sp³-hybridized carbons (Fsp3) is 0.292. The lowest BCUT2D eigenvalue weighted by atomic mass is 10.1. The highest BCUT2D eigenvalue weighted by Crippen LogP contribution is 2.18. The van der Waals surface area contributed by atoms with E-state index in [-0.39, 0.29) is 18.0 Å². The summed E-state index contributed by atoms with van der Waals surface area (Å²) >= 11 is 0. The number of nitrogens with one attached hydrogen (secondary N) is 3. The quantitative estimate of drug-likeness (QED) is 0.487. The first kappa shape index (κ1) is 22.9. The van der Waals surface area contributed by atoms with Crippen molar-refractivity contribution in [3.63, 3.8) is 0 Å². The van der Waals surface area contributed by atoms with Crippen molar-refractivity contribution in [2.24, 2.45) is 0 Å². The third-order valence-electron chi connectivity index (χ3n) is 4.77. The van der Waals surface area contributed by atoms with Crippen molar-refractivity contribution in [3.8, 4) is 5.75 Å². The van der Waals surface area contributed by atoms with E-state index in [1.165, 1.54) is 0 Å². The Balaban J connectivity index is 1.48. The van der Waals surface area contributed by atoms with Crippen molar-refractivity contribution in [1.29, 1.82) is 0 Å². The average molecular weight is 437 g/mol. The number of ether oxygens (including phenoxy) is 1. The molecule has 0 aliphatic rings. The van der Waals surface area contributed by atoms with Gasteiger partial charge < -0.3 is 25.2 Å². The smallest absolute Gasteiger partial charge is 0.319 e. The number of carbonyl (C=O) groups is 2. The van der Waals surface area contributed by atoms with Gasteiger partial charge >= 0.3 is 6.03 Å². The van der Waals surface area contributed by atoms with E-state index in [4.69, 9.17) is 9.26 Å². The van der Waals surface area contributed by atoms with Crippen LogP contribution in [0, 0.1) is 13.8 Å². The minimum atomic E-state index is -0.250. The molecule has 3 N–H and O–H groups in total. The van der Waals surface area contributed by atoms with Crippen LogP contribution in [0.5, 0.6) is 5.75 Å². The lowest BCUT2D eigenvalue weighted by Gasteiger charge is -2.11. The second kappa shape index (κ2) is 10.5. The van der Waals surface area contributed by atoms with Crippen LogP contribution in [0.1, 0.15) is 46.8 Å². The van der Waals surface area contributed by atoms with Gasteiger partial charge in [-0.2, -0.15) is 0 Å². The number of rotatable bonds is 8. The number of hydrogen-bond donors (Lipinski definition) is 3. The van der Waals surface area contributed by atoms with Crippen molar-refractivity contribution in [2.75, 3.05) is 5.32 Å². The Morgan fingerprint density at radius 2 is 1.72 bits per heavy atom.